The van der Waals surface area contributed by atoms with Gasteiger partial charge in [-0.15, -0.1) is 0 Å². The minimum Gasteiger partial charge on any atom is -0.0979 e. The van der Waals surface area contributed by atoms with Gasteiger partial charge in [0.2, 0.25) is 0 Å². The highest BCUT2D eigenvalue weighted by Gasteiger charge is 2.05. The first-order valence-electron chi connectivity index (χ1n) is 18.6. The van der Waals surface area contributed by atoms with Gasteiger partial charge in [-0.05, 0) is 117 Å². The van der Waals surface area contributed by atoms with Crippen molar-refractivity contribution in [3.63, 3.8) is 0 Å². The van der Waals surface area contributed by atoms with Crippen LogP contribution in [0.4, 0.5) is 0 Å². The zero-order chi connectivity index (χ0) is 31.8. The molecule has 0 radical (unpaired) electrons. The lowest BCUT2D eigenvalue weighted by atomic mass is 9.96. The van der Waals surface area contributed by atoms with Crippen LogP contribution in [-0.2, 0) is 0 Å². The number of benzene rings is 5. The molecule has 0 aliphatic heterocycles. The van der Waals surface area contributed by atoms with Crippen LogP contribution < -0.4 is 0 Å². The largest absolute Gasteiger partial charge is 0.0979 e. The lowest BCUT2D eigenvalue weighted by molar-refractivity contribution is 0.579. The minimum absolute atomic E-state index is 0.998. The molecule has 0 amide bonds. The summed E-state index contributed by atoms with van der Waals surface area (Å²) in [5.74, 6) is 13.7. The second-order valence-corrected chi connectivity index (χ2v) is 13.4. The summed E-state index contributed by atoms with van der Waals surface area (Å²) < 4.78 is 0. The van der Waals surface area contributed by atoms with E-state index in [1.165, 1.54) is 146 Å². The molecular formula is C46H54. The van der Waals surface area contributed by atoms with Gasteiger partial charge in [0.1, 0.15) is 0 Å². The molecule has 0 aliphatic carbocycles. The standard InChI is InChI=1S/C46H54/c1-3-5-7-9-11-13-15-17-19-21-23-37-25-27-39-31-43-36-46-34-42-30-38(24-22-20-18-16-14-12-10-8-6-4-2)26-28-40(42)32-44(46)35-45(43)33-41(39)29-37/h25-36H,3-20H2,1-2H3. The third kappa shape index (κ3) is 10.1. The van der Waals surface area contributed by atoms with Gasteiger partial charge >= 0.3 is 0 Å². The third-order valence-electron chi connectivity index (χ3n) is 9.48. The highest BCUT2D eigenvalue weighted by Crippen LogP contribution is 2.31. The Balaban J connectivity index is 1.20. The van der Waals surface area contributed by atoms with Crippen LogP contribution in [0.5, 0.6) is 0 Å². The Labute approximate surface area is 279 Å². The zero-order valence-electron chi connectivity index (χ0n) is 28.7. The molecule has 0 N–H and O–H groups in total. The number of hydrogen-bond acceptors (Lipinski definition) is 0. The van der Waals surface area contributed by atoms with E-state index in [-0.39, 0.29) is 0 Å². The van der Waals surface area contributed by atoms with Crippen LogP contribution in [-0.4, -0.2) is 0 Å². The van der Waals surface area contributed by atoms with E-state index >= 15 is 0 Å². The van der Waals surface area contributed by atoms with Gasteiger partial charge in [-0.3, -0.25) is 0 Å². The van der Waals surface area contributed by atoms with E-state index in [9.17, 15) is 0 Å². The summed E-state index contributed by atoms with van der Waals surface area (Å²) in [5.41, 5.74) is 2.24. The Morgan fingerprint density at radius 2 is 0.630 bits per heavy atom. The summed E-state index contributed by atoms with van der Waals surface area (Å²) in [6, 6.07) is 27.4. The van der Waals surface area contributed by atoms with E-state index in [0.717, 1.165) is 24.0 Å². The molecule has 5 aromatic carbocycles. The summed E-state index contributed by atoms with van der Waals surface area (Å²) in [4.78, 5) is 0. The molecule has 0 heterocycles. The Hall–Kier alpha value is -3.74. The van der Waals surface area contributed by atoms with Crippen LogP contribution in [0.2, 0.25) is 0 Å². The molecule has 0 aromatic heterocycles. The summed E-state index contributed by atoms with van der Waals surface area (Å²) in [6.07, 6.45) is 23.5. The van der Waals surface area contributed by atoms with Gasteiger partial charge < -0.3 is 0 Å². The summed E-state index contributed by atoms with van der Waals surface area (Å²) >= 11 is 0. The van der Waals surface area contributed by atoms with Crippen molar-refractivity contribution in [1.82, 2.24) is 0 Å². The maximum absolute atomic E-state index is 3.43. The second-order valence-electron chi connectivity index (χ2n) is 13.4. The van der Waals surface area contributed by atoms with Crippen molar-refractivity contribution < 1.29 is 0 Å². The molecule has 0 saturated heterocycles. The molecule has 5 aromatic rings. The number of unbranched alkanes of at least 4 members (excludes halogenated alkanes) is 16. The van der Waals surface area contributed by atoms with E-state index in [1.807, 2.05) is 0 Å². The third-order valence-corrected chi connectivity index (χ3v) is 9.48. The van der Waals surface area contributed by atoms with Gasteiger partial charge in [-0.1, -0.05) is 140 Å². The van der Waals surface area contributed by atoms with Crippen molar-refractivity contribution in [3.8, 4) is 23.7 Å². The van der Waals surface area contributed by atoms with Crippen molar-refractivity contribution in [2.75, 3.05) is 0 Å². The monoisotopic (exact) mass is 606 g/mol. The Bertz CT molecular complexity index is 1690. The molecule has 0 aliphatic rings. The van der Waals surface area contributed by atoms with E-state index in [4.69, 9.17) is 0 Å². The normalized spacial score (nSPS) is 11.2. The molecule has 0 bridgehead atoms. The van der Waals surface area contributed by atoms with E-state index in [2.05, 4.69) is 110 Å². The van der Waals surface area contributed by atoms with E-state index < -0.39 is 0 Å². The number of fused-ring (bicyclic) bond motifs is 4. The first-order valence-corrected chi connectivity index (χ1v) is 18.6. The van der Waals surface area contributed by atoms with Crippen LogP contribution >= 0.6 is 0 Å². The molecule has 0 nitrogen and oxygen atoms in total. The molecule has 0 spiro atoms. The molecular weight excluding hydrogens is 553 g/mol. The lowest BCUT2D eigenvalue weighted by Gasteiger charge is -2.08. The highest BCUT2D eigenvalue weighted by atomic mass is 14.1. The first kappa shape index (κ1) is 33.6. The van der Waals surface area contributed by atoms with Crippen molar-refractivity contribution in [1.29, 1.82) is 0 Å². The van der Waals surface area contributed by atoms with Gasteiger partial charge in [0.25, 0.3) is 0 Å². The fraction of sp³-hybridized carbons (Fsp3) is 0.435. The lowest BCUT2D eigenvalue weighted by Crippen LogP contribution is -1.83. The Morgan fingerprint density at radius 1 is 0.326 bits per heavy atom. The maximum Gasteiger partial charge on any atom is 0.0251 e. The molecule has 0 fully saturated rings. The maximum atomic E-state index is 3.43. The fourth-order valence-corrected chi connectivity index (χ4v) is 6.68. The fourth-order valence-electron chi connectivity index (χ4n) is 6.68. The number of hydrogen-bond donors (Lipinski definition) is 0. The molecule has 5 rings (SSSR count). The van der Waals surface area contributed by atoms with E-state index in [1.54, 1.807) is 0 Å². The molecule has 0 unspecified atom stereocenters. The van der Waals surface area contributed by atoms with Crippen molar-refractivity contribution in [2.24, 2.45) is 0 Å². The van der Waals surface area contributed by atoms with Gasteiger partial charge in [0.15, 0.2) is 0 Å². The highest BCUT2D eigenvalue weighted by molar-refractivity contribution is 6.08. The zero-order valence-corrected chi connectivity index (χ0v) is 28.7. The Morgan fingerprint density at radius 3 is 1.00 bits per heavy atom. The van der Waals surface area contributed by atoms with Gasteiger partial charge in [-0.2, -0.15) is 0 Å². The van der Waals surface area contributed by atoms with Crippen LogP contribution in [0.25, 0.3) is 43.1 Å². The molecule has 46 heavy (non-hydrogen) atoms. The van der Waals surface area contributed by atoms with Crippen LogP contribution in [0.1, 0.15) is 141 Å². The number of rotatable bonds is 16. The van der Waals surface area contributed by atoms with Crippen LogP contribution in [0, 0.1) is 23.7 Å². The van der Waals surface area contributed by atoms with Gasteiger partial charge in [-0.25, -0.2) is 0 Å². The average molecular weight is 607 g/mol. The smallest absolute Gasteiger partial charge is 0.0251 e. The van der Waals surface area contributed by atoms with Crippen molar-refractivity contribution >= 4 is 43.1 Å². The predicted molar refractivity (Wildman–Crippen MR) is 205 cm³/mol. The predicted octanol–water partition coefficient (Wildman–Crippen LogP) is 14.1. The Kier molecular flexibility index (Phi) is 13.5. The summed E-state index contributed by atoms with van der Waals surface area (Å²) in [6.45, 7) is 4.56. The van der Waals surface area contributed by atoms with Crippen molar-refractivity contribution in [3.05, 3.63) is 83.9 Å². The van der Waals surface area contributed by atoms with Crippen LogP contribution in [0.15, 0.2) is 72.8 Å². The van der Waals surface area contributed by atoms with Gasteiger partial charge in [0.05, 0.1) is 0 Å². The molecule has 0 heteroatoms. The molecule has 238 valence electrons. The molecule has 0 atom stereocenters. The van der Waals surface area contributed by atoms with E-state index in [0.29, 0.717) is 0 Å². The first-order chi connectivity index (χ1) is 22.7. The second kappa shape index (κ2) is 18.4. The van der Waals surface area contributed by atoms with Crippen molar-refractivity contribution in [2.45, 2.75) is 129 Å². The topological polar surface area (TPSA) is 0 Å². The summed E-state index contributed by atoms with van der Waals surface area (Å²) in [7, 11) is 0. The SMILES string of the molecule is CCCCCCCCCCC#Cc1ccc2cc3cc4cc5cc(C#CCCCCCCCCCC)ccc5cc4cc3cc2c1. The average Bonchev–Trinajstić information content (AvgIpc) is 3.07. The molecule has 0 saturated carbocycles. The van der Waals surface area contributed by atoms with Gasteiger partial charge in [0, 0.05) is 24.0 Å². The minimum atomic E-state index is 0.998. The quantitative estimate of drug-likeness (QED) is 0.0595. The summed E-state index contributed by atoms with van der Waals surface area (Å²) in [5, 5.41) is 10.2. The van der Waals surface area contributed by atoms with Crippen LogP contribution in [0.3, 0.4) is 0 Å².